The Morgan fingerprint density at radius 2 is 1.65 bits per heavy atom. The summed E-state index contributed by atoms with van der Waals surface area (Å²) in [4.78, 5) is 8.94. The number of rotatable bonds is 10. The van der Waals surface area contributed by atoms with Gasteiger partial charge in [-0.05, 0) is 36.8 Å². The molecule has 23 heavy (non-hydrogen) atoms. The maximum absolute atomic E-state index is 11.9. The van der Waals surface area contributed by atoms with Crippen molar-refractivity contribution in [1.29, 1.82) is 0 Å². The summed E-state index contributed by atoms with van der Waals surface area (Å²) in [5.74, 6) is 0. The highest BCUT2D eigenvalue weighted by atomic mass is 31.2. The predicted molar refractivity (Wildman–Crippen MR) is 80.9 cm³/mol. The van der Waals surface area contributed by atoms with Gasteiger partial charge in [-0.25, -0.2) is 4.57 Å². The van der Waals surface area contributed by atoms with Crippen molar-refractivity contribution in [3.8, 4) is 0 Å². The van der Waals surface area contributed by atoms with Gasteiger partial charge < -0.3 is 4.89 Å². The third-order valence-electron chi connectivity index (χ3n) is 3.23. The molecule has 0 saturated carbocycles. The van der Waals surface area contributed by atoms with Crippen LogP contribution in [0.1, 0.15) is 43.7 Å². The van der Waals surface area contributed by atoms with Crippen molar-refractivity contribution in [2.75, 3.05) is 6.61 Å². The van der Waals surface area contributed by atoms with Crippen molar-refractivity contribution in [2.24, 2.45) is 0 Å². The zero-order chi connectivity index (χ0) is 17.3. The number of benzene rings is 1. The van der Waals surface area contributed by atoms with Gasteiger partial charge in [0.05, 0.1) is 6.61 Å². The number of hydrogen-bond donors (Lipinski definition) is 1. The van der Waals surface area contributed by atoms with Gasteiger partial charge in [-0.3, -0.25) is 4.52 Å². The van der Waals surface area contributed by atoms with Crippen LogP contribution in [0, 0.1) is 0 Å². The summed E-state index contributed by atoms with van der Waals surface area (Å²) in [6, 6.07) is 7.81. The first kappa shape index (κ1) is 20.2. The average Bonchev–Trinajstić information content (AvgIpc) is 2.43. The lowest BCUT2D eigenvalue weighted by molar-refractivity contribution is -0.282. The minimum absolute atomic E-state index is 0.285. The minimum Gasteiger partial charge on any atom is -0.302 e. The van der Waals surface area contributed by atoms with E-state index in [0.29, 0.717) is 12.8 Å². The van der Waals surface area contributed by atoms with Crippen LogP contribution in [0.2, 0.25) is 0 Å². The largest absolute Gasteiger partial charge is 0.531 e. The molecule has 0 spiro atoms. The molecule has 1 rings (SSSR count). The molecule has 8 heteroatoms. The number of aryl methyl sites for hydroxylation is 2. The van der Waals surface area contributed by atoms with Crippen LogP contribution in [0.25, 0.3) is 0 Å². The first-order valence-corrected chi connectivity index (χ1v) is 9.04. The number of alkyl halides is 3. The van der Waals surface area contributed by atoms with Gasteiger partial charge in [0.1, 0.15) is 0 Å². The molecule has 1 atom stereocenters. The lowest BCUT2D eigenvalue weighted by atomic mass is 9.98. The third kappa shape index (κ3) is 9.11. The average molecular weight is 354 g/mol. The SMILES string of the molecule is CCCCCc1ccccc1CCCOP(=O)(O)OC(F)(F)F. The highest BCUT2D eigenvalue weighted by molar-refractivity contribution is 7.47. The fourth-order valence-electron chi connectivity index (χ4n) is 2.21. The van der Waals surface area contributed by atoms with Crippen molar-refractivity contribution >= 4 is 7.82 Å². The molecule has 0 aromatic heterocycles. The smallest absolute Gasteiger partial charge is 0.302 e. The Morgan fingerprint density at radius 1 is 1.09 bits per heavy atom. The van der Waals surface area contributed by atoms with Crippen LogP contribution >= 0.6 is 7.82 Å². The summed E-state index contributed by atoms with van der Waals surface area (Å²) in [5, 5.41) is 0. The van der Waals surface area contributed by atoms with Gasteiger partial charge in [0.2, 0.25) is 0 Å². The number of halogens is 3. The second-order valence-electron chi connectivity index (χ2n) is 5.17. The summed E-state index contributed by atoms with van der Waals surface area (Å²) < 4.78 is 54.1. The van der Waals surface area contributed by atoms with Gasteiger partial charge in [0.25, 0.3) is 0 Å². The molecule has 0 radical (unpaired) electrons. The molecule has 1 aromatic rings. The lowest BCUT2D eigenvalue weighted by Crippen LogP contribution is -2.12. The van der Waals surface area contributed by atoms with E-state index in [0.717, 1.165) is 31.2 Å². The van der Waals surface area contributed by atoms with E-state index in [1.165, 1.54) is 5.56 Å². The first-order valence-electron chi connectivity index (χ1n) is 7.55. The van der Waals surface area contributed by atoms with E-state index in [1.54, 1.807) is 0 Å². The van der Waals surface area contributed by atoms with E-state index < -0.39 is 14.2 Å². The first-order chi connectivity index (χ1) is 10.7. The number of hydrogen-bond acceptors (Lipinski definition) is 3. The molecule has 0 saturated heterocycles. The highest BCUT2D eigenvalue weighted by Crippen LogP contribution is 2.48. The zero-order valence-electron chi connectivity index (χ0n) is 13.0. The van der Waals surface area contributed by atoms with Crippen molar-refractivity contribution in [2.45, 2.75) is 51.8 Å². The maximum Gasteiger partial charge on any atom is 0.531 e. The van der Waals surface area contributed by atoms with Crippen LogP contribution in [-0.2, 0) is 26.5 Å². The molecule has 0 heterocycles. The van der Waals surface area contributed by atoms with Gasteiger partial charge in [0.15, 0.2) is 0 Å². The quantitative estimate of drug-likeness (QED) is 0.474. The molecule has 0 aliphatic heterocycles. The van der Waals surface area contributed by atoms with E-state index in [1.807, 2.05) is 24.3 Å². The maximum atomic E-state index is 11.9. The molecule has 1 N–H and O–H groups in total. The molecule has 132 valence electrons. The lowest BCUT2D eigenvalue weighted by Gasteiger charge is -2.14. The summed E-state index contributed by atoms with van der Waals surface area (Å²) in [6.45, 7) is 1.84. The van der Waals surface area contributed by atoms with Gasteiger partial charge in [-0.15, -0.1) is 13.2 Å². The van der Waals surface area contributed by atoms with Crippen molar-refractivity contribution in [3.63, 3.8) is 0 Å². The Bertz CT molecular complexity index is 520. The standard InChI is InChI=1S/C15H22F3O4P/c1-2-3-4-8-13-9-5-6-10-14(13)11-7-12-21-23(19,20)22-15(16,17)18/h5-6,9-10H,2-4,7-8,11-12H2,1H3,(H,19,20). The van der Waals surface area contributed by atoms with Crippen molar-refractivity contribution in [1.82, 2.24) is 0 Å². The molecule has 1 unspecified atom stereocenters. The number of unbranched alkanes of at least 4 members (excludes halogenated alkanes) is 2. The van der Waals surface area contributed by atoms with E-state index >= 15 is 0 Å². The molecular formula is C15H22F3O4P. The molecule has 4 nitrogen and oxygen atoms in total. The molecule has 1 aromatic carbocycles. The monoisotopic (exact) mass is 354 g/mol. The third-order valence-corrected chi connectivity index (χ3v) is 4.18. The normalized spacial score (nSPS) is 14.7. The molecule has 0 aliphatic rings. The fourth-order valence-corrected chi connectivity index (χ4v) is 2.88. The topological polar surface area (TPSA) is 55.8 Å². The van der Waals surface area contributed by atoms with Gasteiger partial charge in [-0.1, -0.05) is 44.0 Å². The Labute approximate surface area is 134 Å². The van der Waals surface area contributed by atoms with E-state index in [-0.39, 0.29) is 6.61 Å². The van der Waals surface area contributed by atoms with Crippen LogP contribution < -0.4 is 0 Å². The van der Waals surface area contributed by atoms with E-state index in [9.17, 15) is 17.7 Å². The molecule has 0 amide bonds. The minimum atomic E-state index is -5.20. The van der Waals surface area contributed by atoms with Crippen LogP contribution in [-0.4, -0.2) is 17.9 Å². The second-order valence-corrected chi connectivity index (χ2v) is 6.55. The van der Waals surface area contributed by atoms with Crippen LogP contribution in [0.3, 0.4) is 0 Å². The zero-order valence-corrected chi connectivity index (χ0v) is 13.9. The summed E-state index contributed by atoms with van der Waals surface area (Å²) >= 11 is 0. The summed E-state index contributed by atoms with van der Waals surface area (Å²) in [5.41, 5.74) is 2.27. The van der Waals surface area contributed by atoms with E-state index in [4.69, 9.17) is 4.89 Å². The van der Waals surface area contributed by atoms with Gasteiger partial charge >= 0.3 is 14.2 Å². The second kappa shape index (κ2) is 9.42. The van der Waals surface area contributed by atoms with Crippen LogP contribution in [0.5, 0.6) is 0 Å². The van der Waals surface area contributed by atoms with E-state index in [2.05, 4.69) is 16.0 Å². The Kier molecular flexibility index (Phi) is 8.26. The Balaban J connectivity index is 2.42. The number of phosphoric acid groups is 1. The molecule has 0 bridgehead atoms. The summed E-state index contributed by atoms with van der Waals surface area (Å²) in [6.07, 6.45) is -0.0161. The van der Waals surface area contributed by atoms with Gasteiger partial charge in [0, 0.05) is 0 Å². The number of phosphoric ester groups is 1. The molecule has 0 aliphatic carbocycles. The summed E-state index contributed by atoms with van der Waals surface area (Å²) in [7, 11) is -5.09. The van der Waals surface area contributed by atoms with Crippen LogP contribution in [0.15, 0.2) is 24.3 Å². The van der Waals surface area contributed by atoms with Crippen molar-refractivity contribution < 1.29 is 31.7 Å². The van der Waals surface area contributed by atoms with Crippen molar-refractivity contribution in [3.05, 3.63) is 35.4 Å². The fraction of sp³-hybridized carbons (Fsp3) is 0.600. The van der Waals surface area contributed by atoms with Crippen LogP contribution in [0.4, 0.5) is 13.2 Å². The molecule has 0 fully saturated rings. The Hall–Kier alpha value is -0.880. The predicted octanol–water partition coefficient (Wildman–Crippen LogP) is 5.01. The Morgan fingerprint density at radius 3 is 2.17 bits per heavy atom. The van der Waals surface area contributed by atoms with Gasteiger partial charge in [-0.2, -0.15) is 4.52 Å². The molecular weight excluding hydrogens is 332 g/mol. The highest BCUT2D eigenvalue weighted by Gasteiger charge is 2.40.